The summed E-state index contributed by atoms with van der Waals surface area (Å²) < 4.78 is 29.6. The molecule has 0 atom stereocenters. The minimum atomic E-state index is -2.63. The van der Waals surface area contributed by atoms with Gasteiger partial charge in [-0.05, 0) is 48.9 Å². The summed E-state index contributed by atoms with van der Waals surface area (Å²) in [7, 11) is -2.63. The second-order valence-electron chi connectivity index (χ2n) is 6.44. The normalized spacial score (nSPS) is 11.1. The van der Waals surface area contributed by atoms with Crippen LogP contribution in [0.1, 0.15) is 11.3 Å². The fourth-order valence-electron chi connectivity index (χ4n) is 2.94. The summed E-state index contributed by atoms with van der Waals surface area (Å²) in [6.45, 7) is 2.23. The maximum atomic E-state index is 10.7. The van der Waals surface area contributed by atoms with Gasteiger partial charge in [-0.3, -0.25) is 0 Å². The van der Waals surface area contributed by atoms with Gasteiger partial charge in [-0.15, -0.1) is 0 Å². The molecule has 0 unspecified atom stereocenters. The highest BCUT2D eigenvalue weighted by atomic mass is 32.2. The number of aromatic nitrogens is 3. The van der Waals surface area contributed by atoms with E-state index in [1.165, 1.54) is 0 Å². The smallest absolute Gasteiger partial charge is 0.230 e. The van der Waals surface area contributed by atoms with Crippen molar-refractivity contribution in [2.45, 2.75) is 13.5 Å². The first-order valence-corrected chi connectivity index (χ1v) is 10.1. The van der Waals surface area contributed by atoms with E-state index in [1.54, 1.807) is 12.3 Å². The van der Waals surface area contributed by atoms with E-state index in [9.17, 15) is 8.42 Å². The van der Waals surface area contributed by atoms with E-state index in [0.717, 1.165) is 27.8 Å². The van der Waals surface area contributed by atoms with Crippen LogP contribution in [0.25, 0.3) is 10.9 Å². The van der Waals surface area contributed by atoms with Crippen molar-refractivity contribution in [3.8, 4) is 11.6 Å². The summed E-state index contributed by atoms with van der Waals surface area (Å²) in [5.74, 6) is 1.47. The van der Waals surface area contributed by atoms with Crippen molar-refractivity contribution in [1.29, 1.82) is 0 Å². The fraction of sp³-hybridized carbons (Fsp3) is 0.100. The molecule has 2 aromatic heterocycles. The zero-order valence-corrected chi connectivity index (χ0v) is 16.4. The average Bonchev–Trinajstić information content (AvgIpc) is 3.06. The van der Waals surface area contributed by atoms with Crippen molar-refractivity contribution in [2.24, 2.45) is 0 Å². The van der Waals surface area contributed by atoms with Gasteiger partial charge in [0.25, 0.3) is 0 Å². The number of nitrogens with zero attached hydrogens (tertiary/aromatic N) is 2. The number of rotatable bonds is 7. The minimum absolute atomic E-state index is 0.222. The molecule has 0 fully saturated rings. The molecule has 0 radical (unpaired) electrons. The summed E-state index contributed by atoms with van der Waals surface area (Å²) in [5, 5.41) is 4.17. The van der Waals surface area contributed by atoms with Crippen LogP contribution in [-0.4, -0.2) is 23.4 Å². The zero-order valence-electron chi connectivity index (χ0n) is 15.5. The van der Waals surface area contributed by atoms with Crippen LogP contribution in [0.15, 0.2) is 60.8 Å². The molecule has 0 saturated carbocycles. The molecular formula is C20H19N5O3S. The second-order valence-corrected chi connectivity index (χ2v) is 7.27. The van der Waals surface area contributed by atoms with Gasteiger partial charge in [-0.1, -0.05) is 12.1 Å². The van der Waals surface area contributed by atoms with Gasteiger partial charge >= 0.3 is 0 Å². The van der Waals surface area contributed by atoms with Crippen molar-refractivity contribution in [2.75, 3.05) is 5.32 Å². The molecule has 148 valence electrons. The third-order valence-corrected chi connectivity index (χ3v) is 4.59. The Balaban J connectivity index is 1.49. The first-order chi connectivity index (χ1) is 14.0. The lowest BCUT2D eigenvalue weighted by Gasteiger charge is -2.09. The third kappa shape index (κ3) is 4.89. The minimum Gasteiger partial charge on any atom is -0.439 e. The van der Waals surface area contributed by atoms with E-state index < -0.39 is 10.9 Å². The number of hydrogen-bond acceptors (Lipinski definition) is 6. The fourth-order valence-corrected chi connectivity index (χ4v) is 3.25. The van der Waals surface area contributed by atoms with Gasteiger partial charge in [-0.2, -0.15) is 4.98 Å². The number of ether oxygens (including phenoxy) is 1. The molecule has 0 bridgehead atoms. The van der Waals surface area contributed by atoms with Crippen molar-refractivity contribution < 1.29 is 13.2 Å². The van der Waals surface area contributed by atoms with Crippen LogP contribution in [0.3, 0.4) is 0 Å². The lowest BCUT2D eigenvalue weighted by atomic mass is 10.2. The van der Waals surface area contributed by atoms with E-state index in [0.29, 0.717) is 17.6 Å². The van der Waals surface area contributed by atoms with Crippen LogP contribution in [0.4, 0.5) is 11.6 Å². The van der Waals surface area contributed by atoms with Crippen LogP contribution >= 0.6 is 0 Å². The molecule has 8 nitrogen and oxygen atoms in total. The SMILES string of the molecule is Cc1cc2cc(Oc3ccnc(Nc4cccc(CN[SH](=O)=O)c4)n3)ccc2[nH]1. The Bertz CT molecular complexity index is 1230. The first kappa shape index (κ1) is 18.9. The molecule has 29 heavy (non-hydrogen) atoms. The van der Waals surface area contributed by atoms with Crippen molar-refractivity contribution in [3.63, 3.8) is 0 Å². The summed E-state index contributed by atoms with van der Waals surface area (Å²) in [6.07, 6.45) is 1.61. The Morgan fingerprint density at radius 2 is 2.00 bits per heavy atom. The number of aryl methyl sites for hydroxylation is 1. The molecule has 3 N–H and O–H groups in total. The van der Waals surface area contributed by atoms with E-state index in [4.69, 9.17) is 4.74 Å². The Morgan fingerprint density at radius 3 is 2.86 bits per heavy atom. The number of thiol groups is 1. The molecule has 4 aromatic rings. The van der Waals surface area contributed by atoms with Crippen molar-refractivity contribution >= 4 is 33.4 Å². The standard InChI is InChI=1S/C20H19N5O3S/c1-13-9-15-11-17(5-6-18(15)23-13)28-19-7-8-21-20(25-19)24-16-4-2-3-14(10-16)12-22-29(26)27/h2-11,23,29H,12H2,1H3,(H,21,24,25)(H,22,26,27). The molecule has 2 aromatic carbocycles. The monoisotopic (exact) mass is 409 g/mol. The molecular weight excluding hydrogens is 390 g/mol. The molecule has 0 amide bonds. The molecule has 9 heteroatoms. The first-order valence-electron chi connectivity index (χ1n) is 8.89. The molecule has 0 aliphatic rings. The van der Waals surface area contributed by atoms with Gasteiger partial charge in [-0.25, -0.2) is 18.1 Å². The highest BCUT2D eigenvalue weighted by Gasteiger charge is 2.05. The largest absolute Gasteiger partial charge is 0.439 e. The third-order valence-electron chi connectivity index (χ3n) is 4.17. The average molecular weight is 409 g/mol. The summed E-state index contributed by atoms with van der Waals surface area (Å²) in [4.78, 5) is 11.9. The molecule has 0 aliphatic heterocycles. The molecule has 4 rings (SSSR count). The quantitative estimate of drug-likeness (QED) is 0.348. The molecule has 0 spiro atoms. The summed E-state index contributed by atoms with van der Waals surface area (Å²) in [5.41, 5.74) is 3.70. The Hall–Kier alpha value is -3.43. The summed E-state index contributed by atoms with van der Waals surface area (Å²) in [6, 6.07) is 16.9. The number of hydrogen-bond donors (Lipinski definition) is 4. The lowest BCUT2D eigenvalue weighted by Crippen LogP contribution is -2.10. The maximum Gasteiger partial charge on any atom is 0.230 e. The highest BCUT2D eigenvalue weighted by Crippen LogP contribution is 2.26. The summed E-state index contributed by atoms with van der Waals surface area (Å²) >= 11 is 0. The van der Waals surface area contributed by atoms with Crippen LogP contribution in [0, 0.1) is 6.92 Å². The zero-order chi connectivity index (χ0) is 20.2. The molecule has 0 aliphatic carbocycles. The van der Waals surface area contributed by atoms with Crippen LogP contribution in [0.2, 0.25) is 0 Å². The van der Waals surface area contributed by atoms with Gasteiger partial charge in [0.2, 0.25) is 22.7 Å². The highest BCUT2D eigenvalue weighted by molar-refractivity contribution is 7.70. The Kier molecular flexibility index (Phi) is 5.41. The number of fused-ring (bicyclic) bond motifs is 1. The number of H-pyrrole nitrogens is 1. The van der Waals surface area contributed by atoms with Gasteiger partial charge < -0.3 is 15.0 Å². The maximum absolute atomic E-state index is 10.7. The molecule has 2 heterocycles. The van der Waals surface area contributed by atoms with Gasteiger partial charge in [0, 0.05) is 41.1 Å². The second kappa shape index (κ2) is 8.29. The van der Waals surface area contributed by atoms with E-state index >= 15 is 0 Å². The number of benzene rings is 2. The van der Waals surface area contributed by atoms with Gasteiger partial charge in [0.15, 0.2) is 0 Å². The predicted molar refractivity (Wildman–Crippen MR) is 112 cm³/mol. The van der Waals surface area contributed by atoms with E-state index in [-0.39, 0.29) is 6.54 Å². The predicted octanol–water partition coefficient (Wildman–Crippen LogP) is 3.42. The van der Waals surface area contributed by atoms with Crippen molar-refractivity contribution in [1.82, 2.24) is 19.7 Å². The Labute approximate surface area is 169 Å². The van der Waals surface area contributed by atoms with Crippen LogP contribution in [-0.2, 0) is 17.4 Å². The Morgan fingerprint density at radius 1 is 1.10 bits per heavy atom. The van der Waals surface area contributed by atoms with Crippen LogP contribution in [0.5, 0.6) is 11.6 Å². The number of nitrogens with one attached hydrogen (secondary N) is 3. The van der Waals surface area contributed by atoms with Gasteiger partial charge in [0.1, 0.15) is 5.75 Å². The van der Waals surface area contributed by atoms with E-state index in [2.05, 4.69) is 31.1 Å². The van der Waals surface area contributed by atoms with Gasteiger partial charge in [0.05, 0.1) is 0 Å². The number of aromatic amines is 1. The van der Waals surface area contributed by atoms with Crippen molar-refractivity contribution in [3.05, 3.63) is 72.1 Å². The van der Waals surface area contributed by atoms with E-state index in [1.807, 2.05) is 49.4 Å². The number of anilines is 2. The van der Waals surface area contributed by atoms with Crippen LogP contribution < -0.4 is 14.8 Å². The molecule has 0 saturated heterocycles. The lowest BCUT2D eigenvalue weighted by molar-refractivity contribution is 0.463. The topological polar surface area (TPSA) is 109 Å².